The minimum atomic E-state index is -0.614. The van der Waals surface area contributed by atoms with Crippen molar-refractivity contribution in [2.75, 3.05) is 14.2 Å². The Morgan fingerprint density at radius 3 is 2.64 bits per heavy atom. The molecule has 0 fully saturated rings. The number of hydrogen-bond acceptors (Lipinski definition) is 4. The van der Waals surface area contributed by atoms with Crippen molar-refractivity contribution in [1.82, 2.24) is 0 Å². The summed E-state index contributed by atoms with van der Waals surface area (Å²) in [6.45, 7) is 0. The molecule has 0 saturated carbocycles. The molecule has 0 aromatic carbocycles. The lowest BCUT2D eigenvalue weighted by Crippen LogP contribution is -2.14. The topological polar surface area (TPSA) is 64.7 Å². The molecule has 0 heterocycles. The van der Waals surface area contributed by atoms with Gasteiger partial charge in [0.1, 0.15) is 13.5 Å². The predicted octanol–water partition coefficient (Wildman–Crippen LogP) is -0.801. The summed E-state index contributed by atoms with van der Waals surface area (Å²) in [5.41, 5.74) is 5.36. The van der Waals surface area contributed by atoms with Gasteiger partial charge in [0.2, 0.25) is 0 Å². The molecule has 0 aromatic rings. The second-order valence-corrected chi connectivity index (χ2v) is 1.74. The number of allylic oxidation sites excluding steroid dienone is 1. The Morgan fingerprint density at radius 2 is 2.27 bits per heavy atom. The van der Waals surface area contributed by atoms with Crippen LogP contribution in [-0.4, -0.2) is 33.6 Å². The molecule has 0 spiro atoms. The molecule has 0 aromatic heterocycles. The Kier molecular flexibility index (Phi) is 4.03. The SMILES string of the molecule is [B]C(/C=C(\N)C(=O)OC)=NC. The number of methoxy groups -OCH3 is 1. The van der Waals surface area contributed by atoms with Crippen molar-refractivity contribution in [3.05, 3.63) is 11.8 Å². The highest BCUT2D eigenvalue weighted by atomic mass is 16.5. The van der Waals surface area contributed by atoms with Crippen molar-refractivity contribution in [2.24, 2.45) is 10.7 Å². The van der Waals surface area contributed by atoms with E-state index < -0.39 is 5.97 Å². The molecular formula is C6H9BN2O2. The summed E-state index contributed by atoms with van der Waals surface area (Å²) in [6, 6.07) is 0. The lowest BCUT2D eigenvalue weighted by atomic mass is 10.0. The lowest BCUT2D eigenvalue weighted by Gasteiger charge is -1.97. The van der Waals surface area contributed by atoms with Crippen molar-refractivity contribution >= 4 is 19.4 Å². The summed E-state index contributed by atoms with van der Waals surface area (Å²) < 4.78 is 4.31. The van der Waals surface area contributed by atoms with Crippen LogP contribution < -0.4 is 5.73 Å². The van der Waals surface area contributed by atoms with Gasteiger partial charge in [0, 0.05) is 7.05 Å². The van der Waals surface area contributed by atoms with Crippen LogP contribution in [-0.2, 0) is 9.53 Å². The van der Waals surface area contributed by atoms with Gasteiger partial charge < -0.3 is 15.5 Å². The second kappa shape index (κ2) is 4.54. The van der Waals surface area contributed by atoms with Crippen LogP contribution in [0.25, 0.3) is 0 Å². The molecule has 11 heavy (non-hydrogen) atoms. The minimum Gasteiger partial charge on any atom is -0.464 e. The molecule has 0 rings (SSSR count). The molecular weight excluding hydrogens is 143 g/mol. The van der Waals surface area contributed by atoms with Crippen LogP contribution in [0.4, 0.5) is 0 Å². The van der Waals surface area contributed by atoms with Gasteiger partial charge in [-0.15, -0.1) is 0 Å². The molecule has 2 radical (unpaired) electrons. The number of nitrogens with two attached hydrogens (primary N) is 1. The van der Waals surface area contributed by atoms with E-state index in [-0.39, 0.29) is 11.3 Å². The van der Waals surface area contributed by atoms with E-state index in [1.807, 2.05) is 0 Å². The minimum absolute atomic E-state index is 0.0596. The molecule has 2 N–H and O–H groups in total. The monoisotopic (exact) mass is 152 g/mol. The number of hydrogen-bond donors (Lipinski definition) is 1. The van der Waals surface area contributed by atoms with Gasteiger partial charge in [0.25, 0.3) is 0 Å². The third kappa shape index (κ3) is 3.45. The molecule has 0 aliphatic rings. The largest absolute Gasteiger partial charge is 0.464 e. The van der Waals surface area contributed by atoms with Crippen LogP contribution >= 0.6 is 0 Å². The Morgan fingerprint density at radius 1 is 1.73 bits per heavy atom. The summed E-state index contributed by atoms with van der Waals surface area (Å²) in [6.07, 6.45) is 1.24. The van der Waals surface area contributed by atoms with Crippen molar-refractivity contribution in [2.45, 2.75) is 0 Å². The average Bonchev–Trinajstić information content (AvgIpc) is 2.02. The molecule has 5 heteroatoms. The first-order valence-corrected chi connectivity index (χ1v) is 2.89. The van der Waals surface area contributed by atoms with Gasteiger partial charge in [-0.05, 0) is 11.7 Å². The molecule has 0 aliphatic heterocycles. The Balaban J connectivity index is 4.34. The fourth-order valence-electron chi connectivity index (χ4n) is 0.401. The van der Waals surface area contributed by atoms with Gasteiger partial charge in [-0.1, -0.05) is 0 Å². The fraction of sp³-hybridized carbons (Fsp3) is 0.333. The molecule has 58 valence electrons. The van der Waals surface area contributed by atoms with Crippen LogP contribution in [0.5, 0.6) is 0 Å². The first-order valence-electron chi connectivity index (χ1n) is 2.89. The lowest BCUT2D eigenvalue weighted by molar-refractivity contribution is -0.136. The number of rotatable bonds is 2. The van der Waals surface area contributed by atoms with E-state index in [4.69, 9.17) is 13.6 Å². The summed E-state index contributed by atoms with van der Waals surface area (Å²) >= 11 is 0. The molecule has 0 aliphatic carbocycles. The summed E-state index contributed by atoms with van der Waals surface area (Å²) in [7, 11) is 7.99. The number of nitrogens with zero attached hydrogens (tertiary/aromatic N) is 1. The highest BCUT2D eigenvalue weighted by Gasteiger charge is 2.02. The first-order chi connectivity index (χ1) is 5.11. The van der Waals surface area contributed by atoms with Crippen LogP contribution in [0.3, 0.4) is 0 Å². The van der Waals surface area contributed by atoms with E-state index in [1.54, 1.807) is 0 Å². The van der Waals surface area contributed by atoms with Gasteiger partial charge in [0.15, 0.2) is 0 Å². The highest BCUT2D eigenvalue weighted by molar-refractivity contribution is 6.63. The number of carbonyl (C=O) groups excluding carboxylic acids is 1. The zero-order valence-corrected chi connectivity index (χ0v) is 6.50. The predicted molar refractivity (Wildman–Crippen MR) is 43.4 cm³/mol. The maximum absolute atomic E-state index is 10.6. The zero-order chi connectivity index (χ0) is 8.85. The number of ether oxygens (including phenoxy) is 1. The zero-order valence-electron chi connectivity index (χ0n) is 6.50. The van der Waals surface area contributed by atoms with Gasteiger partial charge in [-0.2, -0.15) is 0 Å². The highest BCUT2D eigenvalue weighted by Crippen LogP contribution is 1.87. The third-order valence-electron chi connectivity index (χ3n) is 0.983. The summed E-state index contributed by atoms with van der Waals surface area (Å²) in [5, 5.41) is 0. The Labute approximate surface area is 66.5 Å². The molecule has 0 saturated heterocycles. The average molecular weight is 152 g/mol. The maximum Gasteiger partial charge on any atom is 0.353 e. The van der Waals surface area contributed by atoms with E-state index in [0.717, 1.165) is 0 Å². The van der Waals surface area contributed by atoms with E-state index in [1.165, 1.54) is 20.2 Å². The maximum atomic E-state index is 10.6. The third-order valence-corrected chi connectivity index (χ3v) is 0.983. The van der Waals surface area contributed by atoms with Gasteiger partial charge in [0.05, 0.1) is 7.11 Å². The van der Waals surface area contributed by atoms with Crippen molar-refractivity contribution < 1.29 is 9.53 Å². The van der Waals surface area contributed by atoms with Crippen LogP contribution in [0.2, 0.25) is 0 Å². The standard InChI is InChI=1S/C6H9BN2O2/c1-9-5(7)3-4(8)6(10)11-2/h3H,8H2,1-2H3/b4-3-,9-5?. The second-order valence-electron chi connectivity index (χ2n) is 1.74. The van der Waals surface area contributed by atoms with Crippen LogP contribution in [0.15, 0.2) is 16.8 Å². The van der Waals surface area contributed by atoms with Gasteiger partial charge in [-0.25, -0.2) is 4.79 Å². The van der Waals surface area contributed by atoms with Crippen LogP contribution in [0.1, 0.15) is 0 Å². The van der Waals surface area contributed by atoms with E-state index in [9.17, 15) is 4.79 Å². The number of esters is 1. The Bertz CT molecular complexity index is 211. The first kappa shape index (κ1) is 9.74. The van der Waals surface area contributed by atoms with E-state index in [0.29, 0.717) is 0 Å². The van der Waals surface area contributed by atoms with Crippen molar-refractivity contribution in [3.8, 4) is 0 Å². The number of aliphatic imine (C=N–C) groups is 1. The van der Waals surface area contributed by atoms with Crippen LogP contribution in [0, 0.1) is 0 Å². The molecule has 4 nitrogen and oxygen atoms in total. The van der Waals surface area contributed by atoms with Gasteiger partial charge >= 0.3 is 5.97 Å². The summed E-state index contributed by atoms with van der Waals surface area (Å²) in [5.74, 6) is -0.614. The molecule has 0 unspecified atom stereocenters. The molecule has 0 bridgehead atoms. The van der Waals surface area contributed by atoms with Gasteiger partial charge in [-0.3, -0.25) is 0 Å². The summed E-state index contributed by atoms with van der Waals surface area (Å²) in [4.78, 5) is 14.2. The normalized spacial score (nSPS) is 12.9. The molecule has 0 atom stereocenters. The van der Waals surface area contributed by atoms with Crippen molar-refractivity contribution in [3.63, 3.8) is 0 Å². The van der Waals surface area contributed by atoms with E-state index in [2.05, 4.69) is 9.73 Å². The quantitative estimate of drug-likeness (QED) is 0.244. The molecule has 0 amide bonds. The number of carbonyl (C=O) groups is 1. The smallest absolute Gasteiger partial charge is 0.353 e. The van der Waals surface area contributed by atoms with Crippen molar-refractivity contribution in [1.29, 1.82) is 0 Å². The Hall–Kier alpha value is -1.26. The van der Waals surface area contributed by atoms with E-state index >= 15 is 0 Å². The fourth-order valence-corrected chi connectivity index (χ4v) is 0.401.